The van der Waals surface area contributed by atoms with E-state index in [0.29, 0.717) is 5.41 Å². The zero-order valence-corrected chi connectivity index (χ0v) is 7.66. The van der Waals surface area contributed by atoms with Crippen LogP contribution in [0.2, 0.25) is 0 Å². The molecule has 1 spiro atoms. The summed E-state index contributed by atoms with van der Waals surface area (Å²) >= 11 is 0. The minimum atomic E-state index is 0.509. The van der Waals surface area contributed by atoms with Crippen molar-refractivity contribution in [2.45, 2.75) is 12.8 Å². The lowest BCUT2D eigenvalue weighted by atomic mass is 9.80. The third kappa shape index (κ3) is 1.79. The third-order valence-corrected chi connectivity index (χ3v) is 3.04. The average Bonchev–Trinajstić information content (AvgIpc) is 2.33. The van der Waals surface area contributed by atoms with E-state index in [1.54, 1.807) is 0 Å². The van der Waals surface area contributed by atoms with Gasteiger partial charge < -0.3 is 16.0 Å². The molecule has 70 valence electrons. The summed E-state index contributed by atoms with van der Waals surface area (Å²) in [5, 5.41) is 10.5. The fourth-order valence-electron chi connectivity index (χ4n) is 2.28. The first-order valence-corrected chi connectivity index (χ1v) is 5.04. The van der Waals surface area contributed by atoms with Crippen LogP contribution < -0.4 is 16.0 Å². The van der Waals surface area contributed by atoms with Crippen molar-refractivity contribution in [3.05, 3.63) is 0 Å². The van der Waals surface area contributed by atoms with Gasteiger partial charge in [0.15, 0.2) is 0 Å². The molecule has 2 rings (SSSR count). The van der Waals surface area contributed by atoms with Crippen molar-refractivity contribution in [1.29, 1.82) is 0 Å². The highest BCUT2D eigenvalue weighted by Gasteiger charge is 2.32. The van der Waals surface area contributed by atoms with Gasteiger partial charge >= 0.3 is 0 Å². The van der Waals surface area contributed by atoms with E-state index < -0.39 is 0 Å². The first kappa shape index (κ1) is 8.48. The Morgan fingerprint density at radius 1 is 0.750 bits per heavy atom. The Hall–Kier alpha value is -0.120. The number of hydrogen-bond donors (Lipinski definition) is 3. The minimum absolute atomic E-state index is 0.509. The number of nitrogens with one attached hydrogen (secondary N) is 3. The van der Waals surface area contributed by atoms with E-state index >= 15 is 0 Å². The standard InChI is InChI=1S/C9H19N3/c1-2-9(6-10-3-1)7-11-4-5-12-8-9/h10-12H,1-8H2. The van der Waals surface area contributed by atoms with E-state index in [1.165, 1.54) is 39.0 Å². The Labute approximate surface area is 74.3 Å². The summed E-state index contributed by atoms with van der Waals surface area (Å²) in [6.07, 6.45) is 2.71. The van der Waals surface area contributed by atoms with Gasteiger partial charge in [-0.25, -0.2) is 0 Å². The van der Waals surface area contributed by atoms with Crippen LogP contribution >= 0.6 is 0 Å². The normalized spacial score (nSPS) is 30.0. The van der Waals surface area contributed by atoms with Crippen LogP contribution in [-0.2, 0) is 0 Å². The highest BCUT2D eigenvalue weighted by atomic mass is 15.0. The lowest BCUT2D eigenvalue weighted by Gasteiger charge is -2.36. The van der Waals surface area contributed by atoms with Gasteiger partial charge in [0.1, 0.15) is 0 Å². The maximum absolute atomic E-state index is 3.51. The molecule has 2 saturated heterocycles. The van der Waals surface area contributed by atoms with Crippen LogP contribution in [0.3, 0.4) is 0 Å². The summed E-state index contributed by atoms with van der Waals surface area (Å²) in [7, 11) is 0. The van der Waals surface area contributed by atoms with Gasteiger partial charge in [-0.1, -0.05) is 0 Å². The van der Waals surface area contributed by atoms with Crippen LogP contribution in [0.1, 0.15) is 12.8 Å². The molecule has 0 aromatic heterocycles. The van der Waals surface area contributed by atoms with Crippen molar-refractivity contribution in [2.24, 2.45) is 5.41 Å². The topological polar surface area (TPSA) is 36.1 Å². The van der Waals surface area contributed by atoms with Crippen LogP contribution in [-0.4, -0.2) is 39.3 Å². The van der Waals surface area contributed by atoms with Crippen LogP contribution in [0.25, 0.3) is 0 Å². The smallest absolute Gasteiger partial charge is 0.00777 e. The van der Waals surface area contributed by atoms with Gasteiger partial charge in [0, 0.05) is 38.1 Å². The van der Waals surface area contributed by atoms with Gasteiger partial charge in [0.05, 0.1) is 0 Å². The van der Waals surface area contributed by atoms with E-state index in [2.05, 4.69) is 16.0 Å². The Bertz CT molecular complexity index is 131. The molecule has 2 aliphatic rings. The summed E-state index contributed by atoms with van der Waals surface area (Å²) in [6, 6.07) is 0. The largest absolute Gasteiger partial charge is 0.316 e. The zero-order chi connectivity index (χ0) is 8.28. The molecular formula is C9H19N3. The molecule has 2 fully saturated rings. The van der Waals surface area contributed by atoms with Crippen LogP contribution in [0, 0.1) is 5.41 Å². The zero-order valence-electron chi connectivity index (χ0n) is 7.66. The monoisotopic (exact) mass is 169 g/mol. The Kier molecular flexibility index (Phi) is 2.63. The second-order valence-corrected chi connectivity index (χ2v) is 4.13. The van der Waals surface area contributed by atoms with Crippen molar-refractivity contribution in [1.82, 2.24) is 16.0 Å². The van der Waals surface area contributed by atoms with E-state index in [9.17, 15) is 0 Å². The molecule has 0 unspecified atom stereocenters. The summed E-state index contributed by atoms with van der Waals surface area (Å²) < 4.78 is 0. The third-order valence-electron chi connectivity index (χ3n) is 3.04. The van der Waals surface area contributed by atoms with Crippen molar-refractivity contribution in [3.63, 3.8) is 0 Å². The predicted molar refractivity (Wildman–Crippen MR) is 50.3 cm³/mol. The first-order chi connectivity index (χ1) is 5.91. The second-order valence-electron chi connectivity index (χ2n) is 4.13. The van der Waals surface area contributed by atoms with Gasteiger partial charge in [0.2, 0.25) is 0 Å². The predicted octanol–water partition coefficient (Wildman–Crippen LogP) is -0.451. The summed E-state index contributed by atoms with van der Waals surface area (Å²) in [5.41, 5.74) is 0.509. The molecule has 0 bridgehead atoms. The molecule has 0 amide bonds. The Morgan fingerprint density at radius 2 is 1.33 bits per heavy atom. The molecule has 2 heterocycles. The maximum Gasteiger partial charge on any atom is 0.00777 e. The molecule has 3 heteroatoms. The van der Waals surface area contributed by atoms with Gasteiger partial charge in [-0.05, 0) is 19.4 Å². The van der Waals surface area contributed by atoms with Crippen LogP contribution in [0.4, 0.5) is 0 Å². The molecule has 12 heavy (non-hydrogen) atoms. The van der Waals surface area contributed by atoms with Crippen molar-refractivity contribution in [3.8, 4) is 0 Å². The van der Waals surface area contributed by atoms with Gasteiger partial charge in [-0.3, -0.25) is 0 Å². The maximum atomic E-state index is 3.51. The molecule has 0 aromatic carbocycles. The van der Waals surface area contributed by atoms with Crippen molar-refractivity contribution < 1.29 is 0 Å². The molecule has 0 radical (unpaired) electrons. The average molecular weight is 169 g/mol. The summed E-state index contributed by atoms with van der Waals surface area (Å²) in [6.45, 7) is 7.03. The number of hydrogen-bond acceptors (Lipinski definition) is 3. The summed E-state index contributed by atoms with van der Waals surface area (Å²) in [5.74, 6) is 0. The van der Waals surface area contributed by atoms with Gasteiger partial charge in [-0.2, -0.15) is 0 Å². The Balaban J connectivity index is 1.95. The number of piperidine rings is 1. The molecular weight excluding hydrogens is 150 g/mol. The molecule has 3 N–H and O–H groups in total. The molecule has 2 aliphatic heterocycles. The highest BCUT2D eigenvalue weighted by molar-refractivity contribution is 4.90. The molecule has 3 nitrogen and oxygen atoms in total. The minimum Gasteiger partial charge on any atom is -0.316 e. The van der Waals surface area contributed by atoms with Gasteiger partial charge in [-0.15, -0.1) is 0 Å². The van der Waals surface area contributed by atoms with E-state index in [-0.39, 0.29) is 0 Å². The summed E-state index contributed by atoms with van der Waals surface area (Å²) in [4.78, 5) is 0. The van der Waals surface area contributed by atoms with Gasteiger partial charge in [0.25, 0.3) is 0 Å². The number of rotatable bonds is 0. The highest BCUT2D eigenvalue weighted by Crippen LogP contribution is 2.25. The molecule has 0 aromatic rings. The van der Waals surface area contributed by atoms with Crippen molar-refractivity contribution in [2.75, 3.05) is 39.3 Å². The fraction of sp³-hybridized carbons (Fsp3) is 1.00. The fourth-order valence-corrected chi connectivity index (χ4v) is 2.28. The van der Waals surface area contributed by atoms with Crippen LogP contribution in [0.5, 0.6) is 0 Å². The quantitative estimate of drug-likeness (QED) is 0.460. The lowest BCUT2D eigenvalue weighted by molar-refractivity contribution is 0.209. The second kappa shape index (κ2) is 3.73. The SMILES string of the molecule is C1CNCC2(C1)CNCCNC2. The van der Waals surface area contributed by atoms with Crippen molar-refractivity contribution >= 4 is 0 Å². The van der Waals surface area contributed by atoms with E-state index in [1.807, 2.05) is 0 Å². The molecule has 0 saturated carbocycles. The van der Waals surface area contributed by atoms with E-state index in [0.717, 1.165) is 13.1 Å². The lowest BCUT2D eigenvalue weighted by Crippen LogP contribution is -2.49. The van der Waals surface area contributed by atoms with Crippen LogP contribution in [0.15, 0.2) is 0 Å². The first-order valence-electron chi connectivity index (χ1n) is 5.04. The van der Waals surface area contributed by atoms with E-state index in [4.69, 9.17) is 0 Å². The molecule has 0 aliphatic carbocycles. The Morgan fingerprint density at radius 3 is 1.83 bits per heavy atom. The molecule has 0 atom stereocenters.